The summed E-state index contributed by atoms with van der Waals surface area (Å²) in [5.74, 6) is 0.170. The fourth-order valence-corrected chi connectivity index (χ4v) is 1.47. The molecule has 0 aliphatic heterocycles. The Bertz CT molecular complexity index is 281. The van der Waals surface area contributed by atoms with E-state index >= 15 is 0 Å². The molecule has 1 aromatic rings. The summed E-state index contributed by atoms with van der Waals surface area (Å²) in [6.45, 7) is 3.93. The smallest absolute Gasteiger partial charge is 0.0552 e. The van der Waals surface area contributed by atoms with E-state index in [-0.39, 0.29) is 18.6 Å². The molecular formula is C12H18O2. The van der Waals surface area contributed by atoms with Crippen molar-refractivity contribution < 1.29 is 10.2 Å². The SMILES string of the molecule is CC(O)Cc1cccc(C(C)CO)c1. The summed E-state index contributed by atoms with van der Waals surface area (Å²) >= 11 is 0. The van der Waals surface area contributed by atoms with Crippen LogP contribution in [-0.4, -0.2) is 22.9 Å². The number of aliphatic hydroxyl groups is 2. The lowest BCUT2D eigenvalue weighted by atomic mass is 9.98. The zero-order valence-electron chi connectivity index (χ0n) is 8.77. The van der Waals surface area contributed by atoms with Crippen LogP contribution in [0.15, 0.2) is 24.3 Å². The molecule has 0 aliphatic rings. The first-order valence-electron chi connectivity index (χ1n) is 5.01. The van der Waals surface area contributed by atoms with E-state index in [4.69, 9.17) is 5.11 Å². The van der Waals surface area contributed by atoms with Gasteiger partial charge >= 0.3 is 0 Å². The molecule has 2 N–H and O–H groups in total. The van der Waals surface area contributed by atoms with E-state index in [2.05, 4.69) is 0 Å². The molecule has 0 aromatic heterocycles. The van der Waals surface area contributed by atoms with Gasteiger partial charge in [0.25, 0.3) is 0 Å². The molecule has 2 heteroatoms. The van der Waals surface area contributed by atoms with Crippen LogP contribution in [0.3, 0.4) is 0 Å². The predicted octanol–water partition coefficient (Wildman–Crippen LogP) is 1.71. The van der Waals surface area contributed by atoms with E-state index in [9.17, 15) is 5.11 Å². The second-order valence-corrected chi connectivity index (χ2v) is 3.88. The Morgan fingerprint density at radius 3 is 2.57 bits per heavy atom. The van der Waals surface area contributed by atoms with Crippen molar-refractivity contribution in [2.45, 2.75) is 32.3 Å². The number of hydrogen-bond acceptors (Lipinski definition) is 2. The molecular weight excluding hydrogens is 176 g/mol. The van der Waals surface area contributed by atoms with Gasteiger partial charge in [-0.25, -0.2) is 0 Å². The third kappa shape index (κ3) is 3.13. The van der Waals surface area contributed by atoms with Crippen LogP contribution in [0.25, 0.3) is 0 Å². The molecule has 0 radical (unpaired) electrons. The summed E-state index contributed by atoms with van der Waals surface area (Å²) in [4.78, 5) is 0. The lowest BCUT2D eigenvalue weighted by molar-refractivity contribution is 0.195. The molecule has 0 aliphatic carbocycles. The fraction of sp³-hybridized carbons (Fsp3) is 0.500. The lowest BCUT2D eigenvalue weighted by Gasteiger charge is -2.11. The first-order chi connectivity index (χ1) is 6.63. The van der Waals surface area contributed by atoms with E-state index in [0.29, 0.717) is 6.42 Å². The maximum atomic E-state index is 9.24. The average Bonchev–Trinajstić information content (AvgIpc) is 2.16. The lowest BCUT2D eigenvalue weighted by Crippen LogP contribution is -2.05. The molecule has 2 unspecified atom stereocenters. The Kier molecular flexibility index (Phi) is 4.11. The molecule has 0 saturated carbocycles. The summed E-state index contributed by atoms with van der Waals surface area (Å²) < 4.78 is 0. The predicted molar refractivity (Wildman–Crippen MR) is 57.3 cm³/mol. The normalized spacial score (nSPS) is 15.1. The van der Waals surface area contributed by atoms with Gasteiger partial charge in [-0.3, -0.25) is 0 Å². The van der Waals surface area contributed by atoms with Gasteiger partial charge in [0, 0.05) is 12.5 Å². The average molecular weight is 194 g/mol. The minimum absolute atomic E-state index is 0.165. The van der Waals surface area contributed by atoms with Crippen molar-refractivity contribution >= 4 is 0 Å². The van der Waals surface area contributed by atoms with Gasteiger partial charge < -0.3 is 10.2 Å². The Balaban J connectivity index is 2.78. The van der Waals surface area contributed by atoms with Crippen molar-refractivity contribution in [2.75, 3.05) is 6.61 Å². The zero-order chi connectivity index (χ0) is 10.6. The molecule has 1 aromatic carbocycles. The van der Waals surface area contributed by atoms with Crippen LogP contribution in [0, 0.1) is 0 Å². The molecule has 14 heavy (non-hydrogen) atoms. The van der Waals surface area contributed by atoms with Gasteiger partial charge in [-0.2, -0.15) is 0 Å². The van der Waals surface area contributed by atoms with E-state index < -0.39 is 0 Å². The molecule has 0 saturated heterocycles. The first-order valence-corrected chi connectivity index (χ1v) is 5.01. The van der Waals surface area contributed by atoms with Gasteiger partial charge in [0.2, 0.25) is 0 Å². The highest BCUT2D eigenvalue weighted by Gasteiger charge is 2.05. The Morgan fingerprint density at radius 1 is 1.29 bits per heavy atom. The van der Waals surface area contributed by atoms with E-state index in [0.717, 1.165) is 11.1 Å². The van der Waals surface area contributed by atoms with Crippen molar-refractivity contribution in [1.29, 1.82) is 0 Å². The second-order valence-electron chi connectivity index (χ2n) is 3.88. The Morgan fingerprint density at radius 2 is 2.00 bits per heavy atom. The highest BCUT2D eigenvalue weighted by molar-refractivity contribution is 5.26. The van der Waals surface area contributed by atoms with Gasteiger partial charge in [-0.15, -0.1) is 0 Å². The highest BCUT2D eigenvalue weighted by atomic mass is 16.3. The monoisotopic (exact) mass is 194 g/mol. The molecule has 2 atom stereocenters. The Labute approximate surface area is 85.2 Å². The quantitative estimate of drug-likeness (QED) is 0.766. The molecule has 0 heterocycles. The molecule has 0 spiro atoms. The maximum absolute atomic E-state index is 9.24. The number of rotatable bonds is 4. The summed E-state index contributed by atoms with van der Waals surface area (Å²) in [5, 5.41) is 18.3. The maximum Gasteiger partial charge on any atom is 0.0552 e. The van der Waals surface area contributed by atoms with E-state index in [1.54, 1.807) is 6.92 Å². The molecule has 0 amide bonds. The second kappa shape index (κ2) is 5.13. The van der Waals surface area contributed by atoms with Gasteiger partial charge in [0.1, 0.15) is 0 Å². The van der Waals surface area contributed by atoms with Gasteiger partial charge in [-0.1, -0.05) is 31.2 Å². The molecule has 0 bridgehead atoms. The topological polar surface area (TPSA) is 40.5 Å². The molecule has 0 fully saturated rings. The van der Waals surface area contributed by atoms with Crippen LogP contribution < -0.4 is 0 Å². The third-order valence-electron chi connectivity index (χ3n) is 2.33. The van der Waals surface area contributed by atoms with Crippen molar-refractivity contribution in [1.82, 2.24) is 0 Å². The molecule has 2 nitrogen and oxygen atoms in total. The number of aliphatic hydroxyl groups excluding tert-OH is 2. The van der Waals surface area contributed by atoms with Crippen LogP contribution in [0.4, 0.5) is 0 Å². The van der Waals surface area contributed by atoms with E-state index in [1.165, 1.54) is 0 Å². The summed E-state index contributed by atoms with van der Waals surface area (Å²) in [6, 6.07) is 8.03. The Hall–Kier alpha value is -0.860. The molecule has 78 valence electrons. The van der Waals surface area contributed by atoms with Crippen molar-refractivity contribution in [3.05, 3.63) is 35.4 Å². The number of hydrogen-bond donors (Lipinski definition) is 2. The molecule has 1 rings (SSSR count). The third-order valence-corrected chi connectivity index (χ3v) is 2.33. The van der Waals surface area contributed by atoms with Crippen LogP contribution in [0.5, 0.6) is 0 Å². The minimum atomic E-state index is -0.310. The van der Waals surface area contributed by atoms with Crippen LogP contribution >= 0.6 is 0 Å². The van der Waals surface area contributed by atoms with Crippen molar-refractivity contribution in [3.63, 3.8) is 0 Å². The summed E-state index contributed by atoms with van der Waals surface area (Å²) in [7, 11) is 0. The summed E-state index contributed by atoms with van der Waals surface area (Å²) in [6.07, 6.45) is 0.362. The standard InChI is InChI=1S/C12H18O2/c1-9(8-13)12-5-3-4-11(7-12)6-10(2)14/h3-5,7,9-10,13-14H,6,8H2,1-2H3. The van der Waals surface area contributed by atoms with Crippen LogP contribution in [-0.2, 0) is 6.42 Å². The van der Waals surface area contributed by atoms with Crippen LogP contribution in [0.1, 0.15) is 30.9 Å². The van der Waals surface area contributed by atoms with Crippen molar-refractivity contribution in [3.8, 4) is 0 Å². The minimum Gasteiger partial charge on any atom is -0.396 e. The van der Waals surface area contributed by atoms with Gasteiger partial charge in [0.15, 0.2) is 0 Å². The summed E-state index contributed by atoms with van der Waals surface area (Å²) in [5.41, 5.74) is 2.25. The van der Waals surface area contributed by atoms with Crippen molar-refractivity contribution in [2.24, 2.45) is 0 Å². The highest BCUT2D eigenvalue weighted by Crippen LogP contribution is 2.16. The van der Waals surface area contributed by atoms with Gasteiger partial charge in [-0.05, 0) is 24.5 Å². The number of benzene rings is 1. The van der Waals surface area contributed by atoms with E-state index in [1.807, 2.05) is 31.2 Å². The first kappa shape index (κ1) is 11.2. The zero-order valence-corrected chi connectivity index (χ0v) is 8.77. The van der Waals surface area contributed by atoms with Gasteiger partial charge in [0.05, 0.1) is 6.10 Å². The fourth-order valence-electron chi connectivity index (χ4n) is 1.47. The largest absolute Gasteiger partial charge is 0.396 e. The van der Waals surface area contributed by atoms with Crippen LogP contribution in [0.2, 0.25) is 0 Å².